The molecule has 0 saturated heterocycles. The first-order chi connectivity index (χ1) is 15.6. The molecule has 0 spiro atoms. The second-order valence-electron chi connectivity index (χ2n) is 9.30. The van der Waals surface area contributed by atoms with Crippen LogP contribution in [0.25, 0.3) is 0 Å². The number of nitrogens with one attached hydrogen (secondary N) is 1. The fourth-order valence-electron chi connectivity index (χ4n) is 5.24. The van der Waals surface area contributed by atoms with E-state index in [0.29, 0.717) is 49.6 Å². The van der Waals surface area contributed by atoms with E-state index in [9.17, 15) is 26.3 Å². The van der Waals surface area contributed by atoms with Crippen LogP contribution in [-0.4, -0.2) is 31.2 Å². The largest absolute Gasteiger partial charge is 0.573 e. The van der Waals surface area contributed by atoms with Crippen molar-refractivity contribution in [2.24, 2.45) is 17.8 Å². The second-order valence-corrected chi connectivity index (χ2v) is 9.30. The van der Waals surface area contributed by atoms with Gasteiger partial charge in [-0.1, -0.05) is 19.1 Å². The molecule has 3 rings (SSSR count). The zero-order valence-corrected chi connectivity index (χ0v) is 18.9. The number of rotatable bonds is 8. The van der Waals surface area contributed by atoms with Crippen molar-refractivity contribution < 1.29 is 35.8 Å². The molecule has 2 saturated carbocycles. The van der Waals surface area contributed by atoms with Gasteiger partial charge >= 0.3 is 12.5 Å². The van der Waals surface area contributed by atoms with E-state index in [2.05, 4.69) is 17.0 Å². The summed E-state index contributed by atoms with van der Waals surface area (Å²) in [6.45, 7) is 3.17. The second kappa shape index (κ2) is 11.3. The van der Waals surface area contributed by atoms with Crippen LogP contribution in [-0.2, 0) is 9.47 Å². The van der Waals surface area contributed by atoms with Gasteiger partial charge in [-0.05, 0) is 88.3 Å². The smallest absolute Gasteiger partial charge is 0.403 e. The first-order valence-corrected chi connectivity index (χ1v) is 11.9. The Balaban J connectivity index is 1.48. The lowest BCUT2D eigenvalue weighted by molar-refractivity contribution is -0.305. The van der Waals surface area contributed by atoms with Crippen LogP contribution >= 0.6 is 0 Å². The monoisotopic (exact) mass is 481 g/mol. The first-order valence-electron chi connectivity index (χ1n) is 11.9. The Bertz CT molecular complexity index is 717. The van der Waals surface area contributed by atoms with Crippen LogP contribution < -0.4 is 5.32 Å². The summed E-state index contributed by atoms with van der Waals surface area (Å²) in [5.74, 6) is -2.48. The maximum atomic E-state index is 14.8. The van der Waals surface area contributed by atoms with E-state index >= 15 is 0 Å². The minimum Gasteiger partial charge on any atom is -0.403 e. The van der Waals surface area contributed by atoms with E-state index in [-0.39, 0.29) is 0 Å². The van der Waals surface area contributed by atoms with Crippen LogP contribution in [0, 0.1) is 17.8 Å². The number of hydrogen-bond acceptors (Lipinski definition) is 3. The number of hydrogen-bond donors (Lipinski definition) is 1. The van der Waals surface area contributed by atoms with Gasteiger partial charge in [0, 0.05) is 6.04 Å². The number of halogens is 6. The van der Waals surface area contributed by atoms with Crippen LogP contribution in [0.1, 0.15) is 64.7 Å². The molecule has 33 heavy (non-hydrogen) atoms. The molecule has 0 aliphatic heterocycles. The molecule has 3 aliphatic rings. The molecule has 1 N–H and O–H groups in total. The van der Waals surface area contributed by atoms with Gasteiger partial charge in [0.1, 0.15) is 6.10 Å². The van der Waals surface area contributed by atoms with Crippen LogP contribution in [0.3, 0.4) is 0 Å². The molecule has 3 nitrogen and oxygen atoms in total. The molecule has 0 aromatic heterocycles. The summed E-state index contributed by atoms with van der Waals surface area (Å²) >= 11 is 0. The van der Waals surface area contributed by atoms with Crippen molar-refractivity contribution in [2.75, 3.05) is 6.54 Å². The van der Waals surface area contributed by atoms with Crippen molar-refractivity contribution in [3.63, 3.8) is 0 Å². The maximum Gasteiger partial charge on any atom is 0.573 e. The molecule has 1 atom stereocenters. The van der Waals surface area contributed by atoms with E-state index in [1.54, 1.807) is 0 Å². The van der Waals surface area contributed by atoms with Gasteiger partial charge in [-0.3, -0.25) is 0 Å². The summed E-state index contributed by atoms with van der Waals surface area (Å²) in [5, 5.41) is 3.56. The first kappa shape index (κ1) is 26.1. The van der Waals surface area contributed by atoms with E-state index in [1.165, 1.54) is 0 Å². The molecule has 0 aromatic rings. The summed E-state index contributed by atoms with van der Waals surface area (Å²) < 4.78 is 89.2. The quantitative estimate of drug-likeness (QED) is 0.373. The third-order valence-electron chi connectivity index (χ3n) is 6.98. The van der Waals surface area contributed by atoms with Gasteiger partial charge in [0.15, 0.2) is 11.6 Å². The molecule has 0 aromatic carbocycles. The Morgan fingerprint density at radius 3 is 2.12 bits per heavy atom. The zero-order valence-electron chi connectivity index (χ0n) is 18.9. The lowest BCUT2D eigenvalue weighted by Crippen LogP contribution is -2.39. The van der Waals surface area contributed by atoms with Gasteiger partial charge in [0.05, 0.1) is 5.92 Å². The van der Waals surface area contributed by atoms with Crippen molar-refractivity contribution in [3.8, 4) is 0 Å². The highest BCUT2D eigenvalue weighted by Gasteiger charge is 2.45. The zero-order chi connectivity index (χ0) is 24.1. The van der Waals surface area contributed by atoms with E-state index in [0.717, 1.165) is 56.9 Å². The average Bonchev–Trinajstić information content (AvgIpc) is 2.92. The Morgan fingerprint density at radius 2 is 1.55 bits per heavy atom. The van der Waals surface area contributed by atoms with Gasteiger partial charge in [0.25, 0.3) is 0 Å². The molecule has 2 fully saturated rings. The Kier molecular flexibility index (Phi) is 8.95. The predicted molar refractivity (Wildman–Crippen MR) is 113 cm³/mol. The van der Waals surface area contributed by atoms with Gasteiger partial charge in [-0.25, -0.2) is 4.39 Å². The topological polar surface area (TPSA) is 30.5 Å². The SMILES string of the molecule is CCCNC1CCC(C2CCC(C(F)(F)OC3C=CC=C(OC(F)(F)F)C(F)=C3)CC2)CC1. The molecule has 0 amide bonds. The number of allylic oxidation sites excluding steroid dienone is 3. The molecule has 3 aliphatic carbocycles. The van der Waals surface area contributed by atoms with Crippen LogP contribution in [0.2, 0.25) is 0 Å². The minimum absolute atomic E-state index is 0.314. The van der Waals surface area contributed by atoms with Crippen molar-refractivity contribution >= 4 is 0 Å². The van der Waals surface area contributed by atoms with Crippen molar-refractivity contribution in [3.05, 3.63) is 35.9 Å². The van der Waals surface area contributed by atoms with E-state index in [4.69, 9.17) is 4.74 Å². The lowest BCUT2D eigenvalue weighted by atomic mass is 9.70. The van der Waals surface area contributed by atoms with Gasteiger partial charge < -0.3 is 14.8 Å². The Labute approximate surface area is 191 Å². The number of alkyl halides is 5. The maximum absolute atomic E-state index is 14.8. The Hall–Kier alpha value is -1.48. The van der Waals surface area contributed by atoms with Crippen molar-refractivity contribution in [1.82, 2.24) is 5.32 Å². The fourth-order valence-corrected chi connectivity index (χ4v) is 5.24. The van der Waals surface area contributed by atoms with E-state index in [1.807, 2.05) is 0 Å². The van der Waals surface area contributed by atoms with Crippen LogP contribution in [0.5, 0.6) is 0 Å². The highest BCUT2D eigenvalue weighted by molar-refractivity contribution is 5.30. The minimum atomic E-state index is -5.08. The molecule has 9 heteroatoms. The molecule has 0 heterocycles. The fraction of sp³-hybridized carbons (Fsp3) is 0.750. The standard InChI is InChI=1S/C24H33F6NO2/c1-2-14-31-19-12-8-17(9-13-19)16-6-10-18(11-7-16)23(26,27)32-20-4-3-5-22(21(25)15-20)33-24(28,29)30/h3-5,15-20,31H,2,6-14H2,1H3. The summed E-state index contributed by atoms with van der Waals surface area (Å²) in [6.07, 6.45) is 0.979. The van der Waals surface area contributed by atoms with Gasteiger partial charge in [-0.2, -0.15) is 8.78 Å². The third-order valence-corrected chi connectivity index (χ3v) is 6.98. The molecule has 1 unspecified atom stereocenters. The number of ether oxygens (including phenoxy) is 2. The summed E-state index contributed by atoms with van der Waals surface area (Å²) in [4.78, 5) is 0. The van der Waals surface area contributed by atoms with Crippen molar-refractivity contribution in [2.45, 2.75) is 89.3 Å². The lowest BCUT2D eigenvalue weighted by Gasteiger charge is -2.39. The molecular weight excluding hydrogens is 448 g/mol. The Morgan fingerprint density at radius 1 is 0.939 bits per heavy atom. The summed E-state index contributed by atoms with van der Waals surface area (Å²) in [6, 6.07) is 0.563. The van der Waals surface area contributed by atoms with Crippen LogP contribution in [0.4, 0.5) is 26.3 Å². The normalized spacial score (nSPS) is 31.5. The average molecular weight is 482 g/mol. The van der Waals surface area contributed by atoms with Gasteiger partial charge in [0.2, 0.25) is 0 Å². The highest BCUT2D eigenvalue weighted by Crippen LogP contribution is 2.45. The molecule has 0 bridgehead atoms. The summed E-state index contributed by atoms with van der Waals surface area (Å²) in [7, 11) is 0. The van der Waals surface area contributed by atoms with Gasteiger partial charge in [-0.15, -0.1) is 13.2 Å². The van der Waals surface area contributed by atoms with E-state index < -0.39 is 36.1 Å². The molecule has 0 radical (unpaired) electrons. The molecule has 188 valence electrons. The third kappa shape index (κ3) is 7.77. The van der Waals surface area contributed by atoms with Crippen LogP contribution in [0.15, 0.2) is 35.9 Å². The predicted octanol–water partition coefficient (Wildman–Crippen LogP) is 7.17. The molecular formula is C24H33F6NO2. The summed E-state index contributed by atoms with van der Waals surface area (Å²) in [5.41, 5.74) is 0. The van der Waals surface area contributed by atoms with Crippen molar-refractivity contribution in [1.29, 1.82) is 0 Å². The highest BCUT2D eigenvalue weighted by atomic mass is 19.4.